The minimum atomic E-state index is -0.855. The van der Waals surface area contributed by atoms with E-state index in [0.29, 0.717) is 17.9 Å². The zero-order valence-corrected chi connectivity index (χ0v) is 29.3. The molecule has 7 nitrogen and oxygen atoms in total. The van der Waals surface area contributed by atoms with Gasteiger partial charge in [-0.15, -0.1) is 0 Å². The fraction of sp³-hybridized carbons (Fsp3) is 0.133. The van der Waals surface area contributed by atoms with Crippen molar-refractivity contribution in [3.63, 3.8) is 0 Å². The van der Waals surface area contributed by atoms with Crippen LogP contribution in [0.1, 0.15) is 52.3 Å². The van der Waals surface area contributed by atoms with Gasteiger partial charge >= 0.3 is 5.97 Å². The number of benzene rings is 3. The van der Waals surface area contributed by atoms with E-state index in [9.17, 15) is 9.90 Å². The maximum atomic E-state index is 11.3. The number of hydrogen-bond acceptors (Lipinski definition) is 4. The van der Waals surface area contributed by atoms with Crippen LogP contribution >= 0.6 is 0 Å². The first-order valence-corrected chi connectivity index (χ1v) is 17.5. The molecule has 6 aromatic rings. The van der Waals surface area contributed by atoms with Gasteiger partial charge < -0.3 is 19.8 Å². The number of aromatic amines is 2. The molecule has 256 valence electrons. The van der Waals surface area contributed by atoms with Crippen molar-refractivity contribution < 1.29 is 14.6 Å². The third-order valence-corrected chi connectivity index (χ3v) is 9.51. The maximum Gasteiger partial charge on any atom is 0.303 e. The van der Waals surface area contributed by atoms with E-state index in [1.54, 1.807) is 0 Å². The molecule has 0 unspecified atom stereocenters. The Morgan fingerprint density at radius 2 is 0.904 bits per heavy atom. The fourth-order valence-corrected chi connectivity index (χ4v) is 6.80. The third kappa shape index (κ3) is 6.44. The molecule has 7 heteroatoms. The summed E-state index contributed by atoms with van der Waals surface area (Å²) in [4.78, 5) is 29.3. The van der Waals surface area contributed by atoms with Crippen molar-refractivity contribution in [1.82, 2.24) is 19.9 Å². The van der Waals surface area contributed by atoms with Crippen molar-refractivity contribution in [2.45, 2.75) is 33.6 Å². The Balaban J connectivity index is 1.49. The van der Waals surface area contributed by atoms with Gasteiger partial charge in [-0.1, -0.05) is 89.5 Å². The van der Waals surface area contributed by atoms with Gasteiger partial charge in [0.1, 0.15) is 5.69 Å². The standard InChI is InChI=1S/C45H38N4O3/c1-27-6-12-30(13-7-27)42-33-18-20-35(46-33)43(31-14-8-28(2)9-15-31)37-22-24-39(48-37)45(52-26-4-5-41(50)51)40-25-23-38(49-40)44(36-21-19-34(42)47-36)32-16-10-29(3)11-17-32/h6-25,46,49H,4-5,26H2,1-3H3,(H,50,51). The Morgan fingerprint density at radius 1 is 0.538 bits per heavy atom. The number of nitrogens with one attached hydrogen (secondary N) is 2. The summed E-state index contributed by atoms with van der Waals surface area (Å²) in [5, 5.41) is 9.29. The van der Waals surface area contributed by atoms with Crippen LogP contribution in [0.3, 0.4) is 0 Å². The number of carboxylic acids is 1. The van der Waals surface area contributed by atoms with Gasteiger partial charge in [0.2, 0.25) is 0 Å². The molecule has 2 aliphatic heterocycles. The van der Waals surface area contributed by atoms with Crippen molar-refractivity contribution in [2.24, 2.45) is 0 Å². The Labute approximate surface area is 302 Å². The van der Waals surface area contributed by atoms with Gasteiger partial charge in [0.15, 0.2) is 5.75 Å². The molecule has 0 atom stereocenters. The first-order chi connectivity index (χ1) is 25.3. The molecule has 0 spiro atoms. The number of rotatable bonds is 8. The SMILES string of the molecule is Cc1ccc(-c2c3nc(c(-c4ccc(C)cc4)c4ccc([nH]4)c(-c4ccc(C)cc4)c4nc(c(OCCCC(=O)O)c5ccc2[nH]5)C=C4)C=C3)cc1. The van der Waals surface area contributed by atoms with Gasteiger partial charge in [0.25, 0.3) is 0 Å². The number of aliphatic carboxylic acids is 1. The minimum absolute atomic E-state index is 0.0153. The van der Waals surface area contributed by atoms with E-state index in [2.05, 4.69) is 128 Å². The number of ether oxygens (including phenoxy) is 1. The quantitative estimate of drug-likeness (QED) is 0.138. The lowest BCUT2D eigenvalue weighted by Gasteiger charge is -2.08. The predicted octanol–water partition coefficient (Wildman–Crippen LogP) is 10.8. The Bertz CT molecular complexity index is 2510. The molecule has 3 aromatic carbocycles. The van der Waals surface area contributed by atoms with Crippen LogP contribution in [0.25, 0.3) is 79.8 Å². The molecule has 52 heavy (non-hydrogen) atoms. The average molecular weight is 683 g/mol. The van der Waals surface area contributed by atoms with Crippen LogP contribution in [-0.4, -0.2) is 37.6 Å². The smallest absolute Gasteiger partial charge is 0.303 e. The van der Waals surface area contributed by atoms with Gasteiger partial charge in [0.05, 0.1) is 29.2 Å². The minimum Gasteiger partial charge on any atom is -0.489 e. The van der Waals surface area contributed by atoms with Crippen molar-refractivity contribution in [3.05, 3.63) is 137 Å². The summed E-state index contributed by atoms with van der Waals surface area (Å²) in [5.41, 5.74) is 16.2. The molecule has 5 heterocycles. The normalized spacial score (nSPS) is 12.0. The molecule has 8 rings (SSSR count). The first-order valence-electron chi connectivity index (χ1n) is 17.5. The van der Waals surface area contributed by atoms with Crippen LogP contribution in [0, 0.1) is 20.8 Å². The molecule has 0 fully saturated rings. The maximum absolute atomic E-state index is 11.3. The fourth-order valence-electron chi connectivity index (χ4n) is 6.80. The number of fused-ring (bicyclic) bond motifs is 8. The summed E-state index contributed by atoms with van der Waals surface area (Å²) >= 11 is 0. The summed E-state index contributed by atoms with van der Waals surface area (Å²) in [6, 6.07) is 33.8. The summed E-state index contributed by atoms with van der Waals surface area (Å²) in [6.07, 6.45) is 8.56. The second-order valence-corrected chi connectivity index (χ2v) is 13.4. The highest BCUT2D eigenvalue weighted by Gasteiger charge is 2.19. The van der Waals surface area contributed by atoms with Crippen molar-refractivity contribution in [1.29, 1.82) is 0 Å². The molecule has 3 aromatic heterocycles. The van der Waals surface area contributed by atoms with Gasteiger partial charge in [0, 0.05) is 39.7 Å². The molecule has 0 radical (unpaired) electrons. The number of aryl methyl sites for hydroxylation is 3. The summed E-state index contributed by atoms with van der Waals surface area (Å²) in [5.74, 6) is -0.299. The highest BCUT2D eigenvalue weighted by molar-refractivity contribution is 5.98. The zero-order valence-electron chi connectivity index (χ0n) is 29.3. The van der Waals surface area contributed by atoms with E-state index >= 15 is 0 Å². The highest BCUT2D eigenvalue weighted by Crippen LogP contribution is 2.38. The Kier molecular flexibility index (Phi) is 8.61. The molecule has 0 amide bonds. The van der Waals surface area contributed by atoms with Crippen LogP contribution in [0.2, 0.25) is 0 Å². The Morgan fingerprint density at radius 3 is 1.33 bits per heavy atom. The van der Waals surface area contributed by atoms with E-state index in [4.69, 9.17) is 14.7 Å². The van der Waals surface area contributed by atoms with Crippen molar-refractivity contribution in [3.8, 4) is 39.1 Å². The first kappa shape index (κ1) is 32.7. The number of carboxylic acid groups (broad SMARTS) is 1. The number of carbonyl (C=O) groups is 1. The molecular formula is C45H38N4O3. The topological polar surface area (TPSA) is 104 Å². The molecule has 3 N–H and O–H groups in total. The molecule has 0 saturated heterocycles. The monoisotopic (exact) mass is 682 g/mol. The van der Waals surface area contributed by atoms with Gasteiger partial charge in [-0.05, 0) is 92.5 Å². The number of hydrogen-bond donors (Lipinski definition) is 3. The van der Waals surface area contributed by atoms with Crippen molar-refractivity contribution >= 4 is 52.3 Å². The largest absolute Gasteiger partial charge is 0.489 e. The van der Waals surface area contributed by atoms with Crippen LogP contribution in [0.4, 0.5) is 0 Å². The van der Waals surface area contributed by atoms with E-state index in [-0.39, 0.29) is 13.0 Å². The lowest BCUT2D eigenvalue weighted by Crippen LogP contribution is -2.03. The van der Waals surface area contributed by atoms with E-state index in [1.165, 1.54) is 16.7 Å². The average Bonchev–Trinajstić information content (AvgIpc) is 3.97. The van der Waals surface area contributed by atoms with Gasteiger partial charge in [-0.2, -0.15) is 0 Å². The second-order valence-electron chi connectivity index (χ2n) is 13.4. The summed E-state index contributed by atoms with van der Waals surface area (Å²) < 4.78 is 6.39. The van der Waals surface area contributed by atoms with E-state index < -0.39 is 5.97 Å². The van der Waals surface area contributed by atoms with Gasteiger partial charge in [-0.3, -0.25) is 4.79 Å². The highest BCUT2D eigenvalue weighted by atomic mass is 16.5. The second kappa shape index (κ2) is 13.7. The summed E-state index contributed by atoms with van der Waals surface area (Å²) in [6.45, 7) is 6.49. The zero-order chi connectivity index (χ0) is 35.8. The third-order valence-electron chi connectivity index (χ3n) is 9.51. The summed E-state index contributed by atoms with van der Waals surface area (Å²) in [7, 11) is 0. The molecule has 0 saturated carbocycles. The Hall–Kier alpha value is -6.47. The van der Waals surface area contributed by atoms with Gasteiger partial charge in [-0.25, -0.2) is 9.97 Å². The van der Waals surface area contributed by atoms with Crippen LogP contribution in [-0.2, 0) is 4.79 Å². The molecule has 2 aliphatic rings. The molecule has 0 aliphatic carbocycles. The molecule has 8 bridgehead atoms. The number of aromatic nitrogens is 4. The van der Waals surface area contributed by atoms with E-state index in [0.717, 1.165) is 72.5 Å². The van der Waals surface area contributed by atoms with E-state index in [1.807, 2.05) is 24.3 Å². The predicted molar refractivity (Wildman–Crippen MR) is 212 cm³/mol. The lowest BCUT2D eigenvalue weighted by molar-refractivity contribution is -0.137. The number of nitrogens with zero attached hydrogens (tertiary/aromatic N) is 2. The number of H-pyrrole nitrogens is 2. The van der Waals surface area contributed by atoms with Crippen LogP contribution < -0.4 is 4.74 Å². The van der Waals surface area contributed by atoms with Crippen molar-refractivity contribution in [2.75, 3.05) is 6.61 Å². The van der Waals surface area contributed by atoms with Crippen LogP contribution in [0.5, 0.6) is 5.75 Å². The molecular weight excluding hydrogens is 645 g/mol. The van der Waals surface area contributed by atoms with Crippen LogP contribution in [0.15, 0.2) is 97.1 Å². The lowest BCUT2D eigenvalue weighted by atomic mass is 10.0.